The van der Waals surface area contributed by atoms with Crippen molar-refractivity contribution in [2.75, 3.05) is 23.8 Å². The average Bonchev–Trinajstić information content (AvgIpc) is 2.80. The summed E-state index contributed by atoms with van der Waals surface area (Å²) in [7, 11) is 0. The number of ether oxygens (including phenoxy) is 2. The van der Waals surface area contributed by atoms with E-state index in [9.17, 15) is 9.59 Å². The smallest absolute Gasteiger partial charge is 0.262 e. The number of halogens is 1. The Morgan fingerprint density at radius 1 is 0.939 bits per heavy atom. The topological polar surface area (TPSA) is 76.7 Å². The zero-order chi connectivity index (χ0) is 23.8. The Kier molecular flexibility index (Phi) is 8.49. The second kappa shape index (κ2) is 11.5. The molecule has 7 heteroatoms. The molecule has 0 unspecified atom stereocenters. The largest absolute Gasteiger partial charge is 0.494 e. The lowest BCUT2D eigenvalue weighted by molar-refractivity contribution is -0.118. The molecule has 6 nitrogen and oxygen atoms in total. The van der Waals surface area contributed by atoms with E-state index in [1.54, 1.807) is 48.5 Å². The molecule has 0 heterocycles. The molecule has 0 aliphatic heterocycles. The van der Waals surface area contributed by atoms with Gasteiger partial charge in [0.2, 0.25) is 0 Å². The zero-order valence-electron chi connectivity index (χ0n) is 18.9. The van der Waals surface area contributed by atoms with Crippen LogP contribution in [0.5, 0.6) is 11.5 Å². The molecule has 0 radical (unpaired) electrons. The molecule has 2 N–H and O–H groups in total. The maximum absolute atomic E-state index is 12.8. The van der Waals surface area contributed by atoms with E-state index in [0.29, 0.717) is 29.3 Å². The van der Waals surface area contributed by atoms with E-state index in [0.717, 1.165) is 15.8 Å². The molecule has 0 aliphatic carbocycles. The molecule has 172 valence electrons. The number of nitrogens with one attached hydrogen (secondary N) is 2. The number of hydrogen-bond donors (Lipinski definition) is 2. The van der Waals surface area contributed by atoms with Crippen molar-refractivity contribution in [1.29, 1.82) is 0 Å². The third-order valence-corrected chi connectivity index (χ3v) is 5.31. The van der Waals surface area contributed by atoms with Crippen LogP contribution in [0.1, 0.15) is 42.6 Å². The Morgan fingerprint density at radius 3 is 2.36 bits per heavy atom. The van der Waals surface area contributed by atoms with Crippen molar-refractivity contribution in [2.24, 2.45) is 0 Å². The second-order valence-corrected chi connectivity index (χ2v) is 8.55. The number of rotatable bonds is 9. The number of hydrogen-bond acceptors (Lipinski definition) is 4. The minimum atomic E-state index is -0.353. The van der Waals surface area contributed by atoms with Crippen LogP contribution in [0.4, 0.5) is 11.4 Å². The van der Waals surface area contributed by atoms with Gasteiger partial charge >= 0.3 is 0 Å². The molecule has 3 aromatic rings. The van der Waals surface area contributed by atoms with Gasteiger partial charge in [-0.15, -0.1) is 0 Å². The Morgan fingerprint density at radius 2 is 1.67 bits per heavy atom. The summed E-state index contributed by atoms with van der Waals surface area (Å²) in [5.41, 5.74) is 2.40. The Bertz CT molecular complexity index is 1110. The molecule has 0 bridgehead atoms. The van der Waals surface area contributed by atoms with Gasteiger partial charge in [0.1, 0.15) is 11.5 Å². The number of carbonyl (C=O) groups excluding carboxylic acids is 2. The molecule has 0 atom stereocenters. The monoisotopic (exact) mass is 510 g/mol. The molecule has 0 aliphatic rings. The van der Waals surface area contributed by atoms with E-state index in [1.165, 1.54) is 0 Å². The lowest BCUT2D eigenvalue weighted by Gasteiger charge is -2.15. The summed E-state index contributed by atoms with van der Waals surface area (Å²) in [6.07, 6.45) is 0. The lowest BCUT2D eigenvalue weighted by Crippen LogP contribution is -2.23. The van der Waals surface area contributed by atoms with Crippen molar-refractivity contribution in [2.45, 2.75) is 26.7 Å². The average molecular weight is 511 g/mol. The molecule has 0 saturated carbocycles. The predicted octanol–water partition coefficient (Wildman–Crippen LogP) is 6.24. The molecule has 0 spiro atoms. The fourth-order valence-electron chi connectivity index (χ4n) is 3.22. The van der Waals surface area contributed by atoms with Crippen LogP contribution in [0.25, 0.3) is 0 Å². The van der Waals surface area contributed by atoms with Crippen molar-refractivity contribution in [1.82, 2.24) is 0 Å². The standard InChI is InChI=1S/C26H27BrN2O4/c1-4-32-20-12-10-19(11-13-20)28-26(31)21-7-5-6-8-23(21)29-25(30)16-33-24-14-9-18(27)15-22(24)17(2)3/h5-15,17H,4,16H2,1-3H3,(H,28,31)(H,29,30). The number of carbonyl (C=O) groups is 2. The fourth-order valence-corrected chi connectivity index (χ4v) is 3.60. The number of benzene rings is 3. The van der Waals surface area contributed by atoms with Crippen molar-refractivity contribution in [3.05, 3.63) is 82.3 Å². The van der Waals surface area contributed by atoms with Crippen LogP contribution in [-0.2, 0) is 4.79 Å². The highest BCUT2D eigenvalue weighted by Crippen LogP contribution is 2.29. The van der Waals surface area contributed by atoms with E-state index in [4.69, 9.17) is 9.47 Å². The summed E-state index contributed by atoms with van der Waals surface area (Å²) in [5, 5.41) is 5.62. The molecule has 0 saturated heterocycles. The van der Waals surface area contributed by atoms with Gasteiger partial charge in [-0.05, 0) is 73.0 Å². The van der Waals surface area contributed by atoms with Gasteiger partial charge in [0.15, 0.2) is 6.61 Å². The Labute approximate surface area is 202 Å². The highest BCUT2D eigenvalue weighted by Gasteiger charge is 2.15. The number of para-hydroxylation sites is 1. The maximum atomic E-state index is 12.8. The van der Waals surface area contributed by atoms with E-state index in [2.05, 4.69) is 40.4 Å². The number of amides is 2. The van der Waals surface area contributed by atoms with Gasteiger partial charge in [-0.3, -0.25) is 9.59 Å². The third kappa shape index (κ3) is 6.83. The zero-order valence-corrected chi connectivity index (χ0v) is 20.4. The maximum Gasteiger partial charge on any atom is 0.262 e. The molecule has 3 aromatic carbocycles. The lowest BCUT2D eigenvalue weighted by atomic mass is 10.0. The van der Waals surface area contributed by atoms with Gasteiger partial charge < -0.3 is 20.1 Å². The van der Waals surface area contributed by atoms with Gasteiger partial charge in [-0.2, -0.15) is 0 Å². The molecular formula is C26H27BrN2O4. The molecule has 0 fully saturated rings. The van der Waals surface area contributed by atoms with Gasteiger partial charge in [0.25, 0.3) is 11.8 Å². The van der Waals surface area contributed by atoms with E-state index in [1.807, 2.05) is 25.1 Å². The summed E-state index contributed by atoms with van der Waals surface area (Å²) < 4.78 is 12.1. The van der Waals surface area contributed by atoms with E-state index < -0.39 is 0 Å². The van der Waals surface area contributed by atoms with Crippen molar-refractivity contribution >= 4 is 39.1 Å². The van der Waals surface area contributed by atoms with Crippen molar-refractivity contribution in [3.8, 4) is 11.5 Å². The summed E-state index contributed by atoms with van der Waals surface area (Å²) in [4.78, 5) is 25.4. The second-order valence-electron chi connectivity index (χ2n) is 7.63. The van der Waals surface area contributed by atoms with Gasteiger partial charge in [0.05, 0.1) is 17.9 Å². The Hall–Kier alpha value is -3.32. The molecule has 2 amide bonds. The molecule has 0 aromatic heterocycles. The Balaban J connectivity index is 1.65. The normalized spacial score (nSPS) is 10.6. The highest BCUT2D eigenvalue weighted by molar-refractivity contribution is 9.10. The third-order valence-electron chi connectivity index (χ3n) is 4.82. The predicted molar refractivity (Wildman–Crippen MR) is 134 cm³/mol. The molecule has 3 rings (SSSR count). The SMILES string of the molecule is CCOc1ccc(NC(=O)c2ccccc2NC(=O)COc2ccc(Br)cc2C(C)C)cc1. The summed E-state index contributed by atoms with van der Waals surface area (Å²) in [6.45, 7) is 6.44. The van der Waals surface area contributed by atoms with Crippen LogP contribution in [0.2, 0.25) is 0 Å². The first-order valence-corrected chi connectivity index (χ1v) is 11.5. The summed E-state index contributed by atoms with van der Waals surface area (Å²) in [5.74, 6) is 0.951. The van der Waals surface area contributed by atoms with Crippen LogP contribution in [0.3, 0.4) is 0 Å². The first-order valence-electron chi connectivity index (χ1n) is 10.7. The fraction of sp³-hybridized carbons (Fsp3) is 0.231. The first kappa shape index (κ1) is 24.3. The minimum Gasteiger partial charge on any atom is -0.494 e. The van der Waals surface area contributed by atoms with Gasteiger partial charge in [0, 0.05) is 10.2 Å². The first-order chi connectivity index (χ1) is 15.9. The summed E-state index contributed by atoms with van der Waals surface area (Å²) >= 11 is 3.47. The van der Waals surface area contributed by atoms with Gasteiger partial charge in [-0.25, -0.2) is 0 Å². The highest BCUT2D eigenvalue weighted by atomic mass is 79.9. The molecular weight excluding hydrogens is 484 g/mol. The van der Waals surface area contributed by atoms with Crippen LogP contribution >= 0.6 is 15.9 Å². The van der Waals surface area contributed by atoms with Gasteiger partial charge in [-0.1, -0.05) is 41.9 Å². The summed E-state index contributed by atoms with van der Waals surface area (Å²) in [6, 6.07) is 19.7. The van der Waals surface area contributed by atoms with Crippen LogP contribution in [0.15, 0.2) is 71.2 Å². The minimum absolute atomic E-state index is 0.170. The van der Waals surface area contributed by atoms with E-state index >= 15 is 0 Å². The van der Waals surface area contributed by atoms with E-state index in [-0.39, 0.29) is 24.3 Å². The number of anilines is 2. The van der Waals surface area contributed by atoms with Crippen molar-refractivity contribution in [3.63, 3.8) is 0 Å². The molecule has 33 heavy (non-hydrogen) atoms. The quantitative estimate of drug-likeness (QED) is 0.357. The van der Waals surface area contributed by atoms with Crippen molar-refractivity contribution < 1.29 is 19.1 Å². The van der Waals surface area contributed by atoms with Crippen LogP contribution < -0.4 is 20.1 Å². The van der Waals surface area contributed by atoms with Crippen LogP contribution in [-0.4, -0.2) is 25.0 Å². The van der Waals surface area contributed by atoms with Crippen LogP contribution in [0, 0.1) is 0 Å².